The van der Waals surface area contributed by atoms with E-state index in [-0.39, 0.29) is 0 Å². The van der Waals surface area contributed by atoms with Crippen LogP contribution in [-0.4, -0.2) is 0 Å². The molecule has 1 nitrogen and oxygen atoms in total. The Labute approximate surface area is 149 Å². The van der Waals surface area contributed by atoms with Gasteiger partial charge in [-0.2, -0.15) is 4.57 Å². The lowest BCUT2D eigenvalue weighted by Gasteiger charge is -2.12. The fourth-order valence-corrected chi connectivity index (χ4v) is 3.54. The Morgan fingerprint density at radius 3 is 1.96 bits per heavy atom. The van der Waals surface area contributed by atoms with Crippen LogP contribution in [0, 0.1) is 0 Å². The predicted octanol–water partition coefficient (Wildman–Crippen LogP) is 5.87. The monoisotopic (exact) mass is 324 g/mol. The molecule has 0 aliphatic rings. The molecule has 3 aromatic carbocycles. The summed E-state index contributed by atoms with van der Waals surface area (Å²) in [6, 6.07) is 32.5. The van der Waals surface area contributed by atoms with E-state index in [1.165, 1.54) is 33.3 Å². The third-order valence-corrected chi connectivity index (χ3v) is 4.63. The quantitative estimate of drug-likeness (QED) is 0.413. The van der Waals surface area contributed by atoms with Crippen LogP contribution in [0.4, 0.5) is 0 Å². The van der Waals surface area contributed by atoms with Gasteiger partial charge >= 0.3 is 0 Å². The molecule has 0 radical (unpaired) electrons. The van der Waals surface area contributed by atoms with Crippen LogP contribution in [-0.2, 0) is 6.54 Å². The van der Waals surface area contributed by atoms with Crippen molar-refractivity contribution in [2.45, 2.75) is 19.9 Å². The summed E-state index contributed by atoms with van der Waals surface area (Å²) in [5, 5.41) is 2.59. The largest absolute Gasteiger partial charge is 0.220 e. The molecule has 4 aromatic rings. The molecule has 0 saturated carbocycles. The van der Waals surface area contributed by atoms with Gasteiger partial charge in [0.05, 0.1) is 5.39 Å². The minimum absolute atomic E-state index is 0.999. The summed E-state index contributed by atoms with van der Waals surface area (Å²) in [7, 11) is 0. The maximum atomic E-state index is 2.48. The molecule has 0 bridgehead atoms. The maximum Gasteiger partial charge on any atom is 0.220 e. The summed E-state index contributed by atoms with van der Waals surface area (Å²) >= 11 is 0. The number of fused-ring (bicyclic) bond motifs is 1. The Morgan fingerprint density at radius 2 is 1.28 bits per heavy atom. The van der Waals surface area contributed by atoms with Gasteiger partial charge in [0.2, 0.25) is 11.4 Å². The molecule has 0 N–H and O–H groups in total. The number of benzene rings is 3. The second kappa shape index (κ2) is 6.90. The highest BCUT2D eigenvalue weighted by Crippen LogP contribution is 2.29. The summed E-state index contributed by atoms with van der Waals surface area (Å²) in [4.78, 5) is 0. The first-order valence-corrected chi connectivity index (χ1v) is 8.95. The van der Waals surface area contributed by atoms with Gasteiger partial charge in [-0.05, 0) is 35.7 Å². The van der Waals surface area contributed by atoms with Gasteiger partial charge in [-0.1, -0.05) is 61.5 Å². The lowest BCUT2D eigenvalue weighted by Crippen LogP contribution is -2.39. The molecule has 0 amide bonds. The minimum atomic E-state index is 0.999. The molecule has 0 atom stereocenters. The summed E-state index contributed by atoms with van der Waals surface area (Å²) < 4.78 is 2.48. The average Bonchev–Trinajstić information content (AvgIpc) is 2.69. The molecule has 0 spiro atoms. The zero-order valence-corrected chi connectivity index (χ0v) is 14.5. The van der Waals surface area contributed by atoms with Crippen molar-refractivity contribution in [3.8, 4) is 22.5 Å². The number of hydrogen-bond acceptors (Lipinski definition) is 0. The lowest BCUT2D eigenvalue weighted by atomic mass is 9.99. The fraction of sp³-hybridized carbons (Fsp3) is 0.125. The van der Waals surface area contributed by atoms with Crippen LogP contribution >= 0.6 is 0 Å². The molecule has 0 unspecified atom stereocenters. The Morgan fingerprint density at radius 1 is 0.680 bits per heavy atom. The third-order valence-electron chi connectivity index (χ3n) is 4.63. The van der Waals surface area contributed by atoms with Crippen molar-refractivity contribution < 1.29 is 4.57 Å². The van der Waals surface area contributed by atoms with E-state index in [2.05, 4.69) is 102 Å². The van der Waals surface area contributed by atoms with Crippen LogP contribution in [0.5, 0.6) is 0 Å². The Bertz CT molecular complexity index is 988. The molecule has 0 fully saturated rings. The van der Waals surface area contributed by atoms with Crippen molar-refractivity contribution in [3.63, 3.8) is 0 Å². The molecule has 4 rings (SSSR count). The van der Waals surface area contributed by atoms with Crippen molar-refractivity contribution in [3.05, 3.63) is 91.0 Å². The van der Waals surface area contributed by atoms with Crippen LogP contribution in [0.25, 0.3) is 33.3 Å². The van der Waals surface area contributed by atoms with Crippen molar-refractivity contribution in [2.75, 3.05) is 0 Å². The number of rotatable bonds is 4. The van der Waals surface area contributed by atoms with Gasteiger partial charge in [0.15, 0.2) is 0 Å². The van der Waals surface area contributed by atoms with Gasteiger partial charge in [0.1, 0.15) is 6.54 Å². The SMILES string of the molecule is CCC[n+]1c(-c2ccccc2)cc2ccccc2c1-c1ccccc1. The number of hydrogen-bond donors (Lipinski definition) is 0. The molecular formula is C24H22N+. The van der Waals surface area contributed by atoms with Crippen LogP contribution in [0.2, 0.25) is 0 Å². The zero-order chi connectivity index (χ0) is 17.1. The molecule has 0 aliphatic carbocycles. The van der Waals surface area contributed by atoms with E-state index in [1.807, 2.05) is 0 Å². The van der Waals surface area contributed by atoms with Crippen molar-refractivity contribution in [2.24, 2.45) is 0 Å². The van der Waals surface area contributed by atoms with E-state index < -0.39 is 0 Å². The lowest BCUT2D eigenvalue weighted by molar-refractivity contribution is -0.674. The molecule has 0 saturated heterocycles. The normalized spacial score (nSPS) is 10.9. The predicted molar refractivity (Wildman–Crippen MR) is 105 cm³/mol. The highest BCUT2D eigenvalue weighted by Gasteiger charge is 2.23. The minimum Gasteiger partial charge on any atom is -0.191 e. The second-order valence-corrected chi connectivity index (χ2v) is 6.35. The molecule has 0 aliphatic heterocycles. The van der Waals surface area contributed by atoms with Gasteiger partial charge in [-0.3, -0.25) is 0 Å². The molecule has 1 aromatic heterocycles. The second-order valence-electron chi connectivity index (χ2n) is 6.35. The number of pyridine rings is 1. The maximum absolute atomic E-state index is 2.48. The van der Waals surface area contributed by atoms with E-state index in [4.69, 9.17) is 0 Å². The third kappa shape index (κ3) is 2.94. The van der Waals surface area contributed by atoms with E-state index in [9.17, 15) is 0 Å². The number of aromatic nitrogens is 1. The highest BCUT2D eigenvalue weighted by atomic mass is 15.0. The van der Waals surface area contributed by atoms with Gasteiger partial charge < -0.3 is 0 Å². The molecular weight excluding hydrogens is 302 g/mol. The van der Waals surface area contributed by atoms with E-state index >= 15 is 0 Å². The highest BCUT2D eigenvalue weighted by molar-refractivity contribution is 5.94. The van der Waals surface area contributed by atoms with E-state index in [0.29, 0.717) is 0 Å². The number of nitrogens with zero attached hydrogens (tertiary/aromatic N) is 1. The first kappa shape index (κ1) is 15.6. The van der Waals surface area contributed by atoms with Crippen molar-refractivity contribution >= 4 is 10.8 Å². The van der Waals surface area contributed by atoms with Crippen molar-refractivity contribution in [1.82, 2.24) is 0 Å². The first-order chi connectivity index (χ1) is 12.4. The average molecular weight is 324 g/mol. The van der Waals surface area contributed by atoms with Gasteiger partial charge in [0, 0.05) is 23.6 Å². The van der Waals surface area contributed by atoms with Crippen LogP contribution in [0.15, 0.2) is 91.0 Å². The van der Waals surface area contributed by atoms with Crippen molar-refractivity contribution in [1.29, 1.82) is 0 Å². The van der Waals surface area contributed by atoms with Crippen LogP contribution in [0.3, 0.4) is 0 Å². The Hall–Kier alpha value is -2.93. The smallest absolute Gasteiger partial charge is 0.191 e. The zero-order valence-electron chi connectivity index (χ0n) is 14.5. The Kier molecular flexibility index (Phi) is 4.30. The molecule has 1 heteroatoms. The van der Waals surface area contributed by atoms with Crippen LogP contribution < -0.4 is 4.57 Å². The van der Waals surface area contributed by atoms with Gasteiger partial charge in [-0.25, -0.2) is 0 Å². The van der Waals surface area contributed by atoms with Gasteiger partial charge in [0.25, 0.3) is 0 Å². The summed E-state index contributed by atoms with van der Waals surface area (Å²) in [5.41, 5.74) is 5.11. The fourth-order valence-electron chi connectivity index (χ4n) is 3.54. The molecule has 25 heavy (non-hydrogen) atoms. The summed E-state index contributed by atoms with van der Waals surface area (Å²) in [5.74, 6) is 0. The summed E-state index contributed by atoms with van der Waals surface area (Å²) in [6.45, 7) is 3.24. The van der Waals surface area contributed by atoms with E-state index in [1.54, 1.807) is 0 Å². The first-order valence-electron chi connectivity index (χ1n) is 8.95. The standard InChI is InChI=1S/C24H22N/c1-2-17-25-23(19-11-5-3-6-12-19)18-21-15-9-10-16-22(21)24(25)20-13-7-4-8-14-20/h3-16,18H,2,17H2,1H3/q+1. The Balaban J connectivity index is 2.11. The molecule has 122 valence electrons. The topological polar surface area (TPSA) is 3.88 Å². The molecule has 1 heterocycles. The van der Waals surface area contributed by atoms with Crippen LogP contribution in [0.1, 0.15) is 13.3 Å². The van der Waals surface area contributed by atoms with Gasteiger partial charge in [-0.15, -0.1) is 0 Å². The van der Waals surface area contributed by atoms with E-state index in [0.717, 1.165) is 13.0 Å². The summed E-state index contributed by atoms with van der Waals surface area (Å²) in [6.07, 6.45) is 1.10.